The Kier molecular flexibility index (Phi) is 19.4. The van der Waals surface area contributed by atoms with Gasteiger partial charge in [0.25, 0.3) is 5.69 Å². The van der Waals surface area contributed by atoms with Crippen LogP contribution in [0.4, 0.5) is 5.69 Å². The number of nitro groups is 1. The molecule has 9 heteroatoms. The highest BCUT2D eigenvalue weighted by Gasteiger charge is 2.13. The van der Waals surface area contributed by atoms with Crippen LogP contribution in [0.3, 0.4) is 0 Å². The van der Waals surface area contributed by atoms with E-state index in [1.165, 1.54) is 103 Å². The van der Waals surface area contributed by atoms with Crippen LogP contribution in [0.25, 0.3) is 0 Å². The summed E-state index contributed by atoms with van der Waals surface area (Å²) in [5, 5.41) is 11.2. The van der Waals surface area contributed by atoms with Gasteiger partial charge in [0.1, 0.15) is 6.54 Å². The fraction of sp³-hybridized carbons (Fsp3) is 0.633. The van der Waals surface area contributed by atoms with Crippen LogP contribution in [0.5, 0.6) is 0 Å². The Morgan fingerprint density at radius 1 is 0.667 bits per heavy atom. The summed E-state index contributed by atoms with van der Waals surface area (Å²) >= 11 is 0. The molecular formula is C30H47ClN2O6. The normalized spacial score (nSPS) is 11.2. The molecule has 0 amide bonds. The Balaban J connectivity index is 0.00000139. The lowest BCUT2D eigenvalue weighted by atomic mass is 10.0. The number of nitrogens with zero attached hydrogens (tertiary/aromatic N) is 2. The highest BCUT2D eigenvalue weighted by atomic mass is 35.7. The molecule has 0 aliphatic rings. The van der Waals surface area contributed by atoms with Crippen molar-refractivity contribution in [2.45, 2.75) is 123 Å². The standard InChI is InChI=1S/C30H47N2O2.ClHO4/c1-2-3-4-5-6-7-8-9-10-11-12-13-14-15-16-19-24-31-25-22-28(23-26-31)27-29-20-17-18-21-30(29)32(33)34;2-1(3,4)5/h17-18,20-23,25-26H,2-16,19,24,27H2,1H3;(H,2,3,4,5)/q+1;/p-1. The van der Waals surface area contributed by atoms with Crippen LogP contribution in [0.15, 0.2) is 48.8 Å². The molecule has 220 valence electrons. The summed E-state index contributed by atoms with van der Waals surface area (Å²) in [6.07, 6.45) is 27.1. The minimum Gasteiger partial charge on any atom is -0.258 e. The molecule has 1 aromatic heterocycles. The average Bonchev–Trinajstić information content (AvgIpc) is 2.88. The number of benzene rings is 1. The zero-order valence-electron chi connectivity index (χ0n) is 23.6. The van der Waals surface area contributed by atoms with E-state index in [1.54, 1.807) is 12.1 Å². The third-order valence-electron chi connectivity index (χ3n) is 6.81. The number of hydrogen-bond acceptors (Lipinski definition) is 6. The zero-order valence-corrected chi connectivity index (χ0v) is 24.3. The van der Waals surface area contributed by atoms with Gasteiger partial charge in [-0.2, -0.15) is 0 Å². The zero-order chi connectivity index (χ0) is 28.8. The number of hydrogen-bond donors (Lipinski definition) is 0. The number of nitro benzene ring substituents is 1. The van der Waals surface area contributed by atoms with E-state index in [0.29, 0.717) is 6.42 Å². The lowest BCUT2D eigenvalue weighted by molar-refractivity contribution is -2.00. The van der Waals surface area contributed by atoms with E-state index < -0.39 is 10.2 Å². The van der Waals surface area contributed by atoms with E-state index in [1.807, 2.05) is 12.1 Å². The molecule has 2 aromatic rings. The second-order valence-electron chi connectivity index (χ2n) is 10.2. The predicted molar refractivity (Wildman–Crippen MR) is 142 cm³/mol. The molecule has 0 atom stereocenters. The van der Waals surface area contributed by atoms with Crippen LogP contribution >= 0.6 is 0 Å². The Hall–Kier alpha value is -2.10. The van der Waals surface area contributed by atoms with Crippen LogP contribution in [0, 0.1) is 20.4 Å². The second kappa shape index (κ2) is 21.7. The van der Waals surface area contributed by atoms with Crippen molar-refractivity contribution in [1.82, 2.24) is 0 Å². The Labute approximate surface area is 236 Å². The van der Waals surface area contributed by atoms with Gasteiger partial charge in [-0.25, -0.2) is 23.2 Å². The summed E-state index contributed by atoms with van der Waals surface area (Å²) in [6, 6.07) is 11.2. The molecule has 0 aliphatic carbocycles. The van der Waals surface area contributed by atoms with Gasteiger partial charge in [-0.1, -0.05) is 115 Å². The third kappa shape index (κ3) is 20.5. The number of para-hydroxylation sites is 1. The van der Waals surface area contributed by atoms with Crippen LogP contribution in [-0.4, -0.2) is 4.92 Å². The maximum atomic E-state index is 11.2. The summed E-state index contributed by atoms with van der Waals surface area (Å²) < 4.78 is 36.2. The molecule has 0 fully saturated rings. The molecule has 0 N–H and O–H groups in total. The molecule has 2 rings (SSSR count). The minimum atomic E-state index is -4.94. The second-order valence-corrected chi connectivity index (χ2v) is 10.9. The summed E-state index contributed by atoms with van der Waals surface area (Å²) in [4.78, 5) is 10.9. The molecule has 0 saturated carbocycles. The molecule has 0 saturated heterocycles. The van der Waals surface area contributed by atoms with Crippen LogP contribution in [0.2, 0.25) is 0 Å². The number of pyridine rings is 1. The lowest BCUT2D eigenvalue weighted by Gasteiger charge is -2.17. The molecule has 39 heavy (non-hydrogen) atoms. The van der Waals surface area contributed by atoms with Gasteiger partial charge in [0.15, 0.2) is 12.4 Å². The van der Waals surface area contributed by atoms with Crippen molar-refractivity contribution in [2.75, 3.05) is 0 Å². The van der Waals surface area contributed by atoms with Crippen molar-refractivity contribution in [3.8, 4) is 0 Å². The highest BCUT2D eigenvalue weighted by Crippen LogP contribution is 2.20. The number of aryl methyl sites for hydroxylation is 1. The van der Waals surface area contributed by atoms with E-state index in [2.05, 4.69) is 36.0 Å². The molecule has 0 radical (unpaired) electrons. The average molecular weight is 567 g/mol. The highest BCUT2D eigenvalue weighted by molar-refractivity contribution is 5.42. The number of rotatable bonds is 20. The largest absolute Gasteiger partial charge is 0.272 e. The number of aromatic nitrogens is 1. The van der Waals surface area contributed by atoms with E-state index in [0.717, 1.165) is 17.7 Å². The fourth-order valence-corrected chi connectivity index (χ4v) is 4.66. The number of unbranched alkanes of at least 4 members (excludes halogenated alkanes) is 15. The molecule has 0 unspecified atom stereocenters. The van der Waals surface area contributed by atoms with Crippen LogP contribution < -0.4 is 23.2 Å². The SMILES string of the molecule is CCCCCCCCCCCCCCCCCC[n+]1ccc(Cc2ccccc2[N+](=O)[O-])cc1.[O-][Cl+3]([O-])([O-])[O-]. The molecule has 1 aromatic carbocycles. The van der Waals surface area contributed by atoms with Gasteiger partial charge >= 0.3 is 0 Å². The van der Waals surface area contributed by atoms with E-state index in [9.17, 15) is 10.1 Å². The third-order valence-corrected chi connectivity index (χ3v) is 6.81. The minimum absolute atomic E-state index is 0.201. The van der Waals surface area contributed by atoms with Gasteiger partial charge in [0.2, 0.25) is 0 Å². The van der Waals surface area contributed by atoms with E-state index >= 15 is 0 Å². The Morgan fingerprint density at radius 3 is 1.51 bits per heavy atom. The summed E-state index contributed by atoms with van der Waals surface area (Å²) in [5.74, 6) is 0. The molecule has 0 bridgehead atoms. The monoisotopic (exact) mass is 566 g/mol. The van der Waals surface area contributed by atoms with Crippen molar-refractivity contribution >= 4 is 5.69 Å². The van der Waals surface area contributed by atoms with Crippen molar-refractivity contribution in [2.24, 2.45) is 0 Å². The Bertz CT molecular complexity index is 884. The quantitative estimate of drug-likeness (QED) is 0.103. The van der Waals surface area contributed by atoms with E-state index in [4.69, 9.17) is 18.6 Å². The number of halogens is 1. The first-order chi connectivity index (χ1) is 18.7. The summed E-state index contributed by atoms with van der Waals surface area (Å²) in [7, 11) is -4.94. The molecule has 0 aliphatic heterocycles. The van der Waals surface area contributed by atoms with Gasteiger partial charge in [0, 0.05) is 36.6 Å². The maximum Gasteiger partial charge on any atom is 0.272 e. The van der Waals surface area contributed by atoms with Crippen molar-refractivity contribution in [3.63, 3.8) is 0 Å². The van der Waals surface area contributed by atoms with Gasteiger partial charge < -0.3 is 0 Å². The van der Waals surface area contributed by atoms with Gasteiger partial charge in [-0.05, 0) is 12.0 Å². The van der Waals surface area contributed by atoms with Gasteiger partial charge in [-0.15, -0.1) is 10.2 Å². The first kappa shape index (κ1) is 34.9. The van der Waals surface area contributed by atoms with Gasteiger partial charge in [-0.3, -0.25) is 10.1 Å². The van der Waals surface area contributed by atoms with Crippen LogP contribution in [0.1, 0.15) is 121 Å². The maximum absolute atomic E-state index is 11.2. The lowest BCUT2D eigenvalue weighted by Crippen LogP contribution is -2.68. The van der Waals surface area contributed by atoms with Crippen molar-refractivity contribution in [1.29, 1.82) is 0 Å². The predicted octanol–water partition coefficient (Wildman–Crippen LogP) is 3.98. The van der Waals surface area contributed by atoms with E-state index in [-0.39, 0.29) is 10.6 Å². The summed E-state index contributed by atoms with van der Waals surface area (Å²) in [5.41, 5.74) is 2.08. The first-order valence-corrected chi connectivity index (χ1v) is 15.8. The summed E-state index contributed by atoms with van der Waals surface area (Å²) in [6.45, 7) is 3.33. The fourth-order valence-electron chi connectivity index (χ4n) is 4.66. The van der Waals surface area contributed by atoms with Gasteiger partial charge in [0.05, 0.1) is 4.92 Å². The van der Waals surface area contributed by atoms with Crippen molar-refractivity contribution in [3.05, 3.63) is 70.0 Å². The Morgan fingerprint density at radius 2 is 1.08 bits per heavy atom. The molecule has 1 heterocycles. The topological polar surface area (TPSA) is 139 Å². The smallest absolute Gasteiger partial charge is 0.258 e. The molecule has 0 spiro atoms. The van der Waals surface area contributed by atoms with Crippen molar-refractivity contribution < 1.29 is 38.4 Å². The first-order valence-electron chi connectivity index (χ1n) is 14.5. The van der Waals surface area contributed by atoms with Crippen LogP contribution in [-0.2, 0) is 13.0 Å². The molecule has 8 nitrogen and oxygen atoms in total. The molecular weight excluding hydrogens is 520 g/mol.